The van der Waals surface area contributed by atoms with Crippen LogP contribution in [0.4, 0.5) is 0 Å². The Morgan fingerprint density at radius 1 is 0.903 bits per heavy atom. The third-order valence-electron chi connectivity index (χ3n) is 5.73. The summed E-state index contributed by atoms with van der Waals surface area (Å²) in [5.74, 6) is 1.88. The molecule has 0 spiro atoms. The molecule has 4 rings (SSSR count). The smallest absolute Gasteiger partial charge is 0.228 e. The minimum Gasteiger partial charge on any atom is -0.441 e. The second-order valence-electron chi connectivity index (χ2n) is 7.81. The van der Waals surface area contributed by atoms with Gasteiger partial charge in [-0.15, -0.1) is 0 Å². The molecule has 0 saturated carbocycles. The lowest BCUT2D eigenvalue weighted by Gasteiger charge is -2.34. The molecule has 2 amide bonds. The Bertz CT molecular complexity index is 1060. The molecule has 1 aliphatic rings. The number of amides is 2. The molecule has 1 aliphatic heterocycles. The molecule has 162 valence electrons. The summed E-state index contributed by atoms with van der Waals surface area (Å²) in [5.41, 5.74) is 3.13. The maximum absolute atomic E-state index is 12.8. The van der Waals surface area contributed by atoms with Gasteiger partial charge < -0.3 is 18.7 Å². The average Bonchev–Trinajstić information content (AvgIpc) is 3.31. The van der Waals surface area contributed by atoms with Crippen molar-refractivity contribution in [2.45, 2.75) is 33.6 Å². The Balaban J connectivity index is 1.33. The van der Waals surface area contributed by atoms with Crippen LogP contribution in [-0.2, 0) is 22.4 Å². The molecule has 1 aromatic carbocycles. The maximum Gasteiger partial charge on any atom is 0.228 e. The lowest BCUT2D eigenvalue weighted by molar-refractivity contribution is -0.138. The maximum atomic E-state index is 12.8. The van der Waals surface area contributed by atoms with Crippen molar-refractivity contribution in [3.63, 3.8) is 0 Å². The van der Waals surface area contributed by atoms with E-state index >= 15 is 0 Å². The number of hydrogen-bond donors (Lipinski definition) is 0. The summed E-state index contributed by atoms with van der Waals surface area (Å²) < 4.78 is 10.9. The van der Waals surface area contributed by atoms with Gasteiger partial charge in [0.2, 0.25) is 17.7 Å². The molecular formula is C23H26N4O4. The van der Waals surface area contributed by atoms with Crippen molar-refractivity contribution >= 4 is 11.8 Å². The predicted molar refractivity (Wildman–Crippen MR) is 113 cm³/mol. The summed E-state index contributed by atoms with van der Waals surface area (Å²) >= 11 is 0. The molecule has 2 aromatic heterocycles. The van der Waals surface area contributed by atoms with Gasteiger partial charge in [0.25, 0.3) is 0 Å². The highest BCUT2D eigenvalue weighted by Gasteiger charge is 2.26. The second-order valence-corrected chi connectivity index (χ2v) is 7.81. The van der Waals surface area contributed by atoms with Crippen molar-refractivity contribution < 1.29 is 18.5 Å². The van der Waals surface area contributed by atoms with E-state index in [1.54, 1.807) is 9.80 Å². The van der Waals surface area contributed by atoms with Crippen molar-refractivity contribution in [3.8, 4) is 11.5 Å². The third-order valence-corrected chi connectivity index (χ3v) is 5.73. The first-order valence-corrected chi connectivity index (χ1v) is 10.4. The van der Waals surface area contributed by atoms with Crippen molar-refractivity contribution in [1.82, 2.24) is 19.9 Å². The normalized spacial score (nSPS) is 14.2. The van der Waals surface area contributed by atoms with Gasteiger partial charge in [0, 0.05) is 37.3 Å². The molecule has 1 saturated heterocycles. The van der Waals surface area contributed by atoms with Gasteiger partial charge >= 0.3 is 0 Å². The minimum atomic E-state index is -0.00571. The molecule has 0 unspecified atom stereocenters. The first-order chi connectivity index (χ1) is 14.9. The van der Waals surface area contributed by atoms with Gasteiger partial charge in [-0.1, -0.05) is 23.4 Å². The Hall–Kier alpha value is -3.42. The van der Waals surface area contributed by atoms with E-state index in [-0.39, 0.29) is 24.7 Å². The molecule has 3 heterocycles. The summed E-state index contributed by atoms with van der Waals surface area (Å²) in [6.45, 7) is 7.53. The van der Waals surface area contributed by atoms with Gasteiger partial charge in [0.1, 0.15) is 11.5 Å². The van der Waals surface area contributed by atoms with Crippen LogP contribution >= 0.6 is 0 Å². The fourth-order valence-electron chi connectivity index (χ4n) is 3.77. The average molecular weight is 422 g/mol. The van der Waals surface area contributed by atoms with E-state index in [0.717, 1.165) is 16.8 Å². The number of aryl methyl sites for hydroxylation is 3. The molecule has 0 atom stereocenters. The van der Waals surface area contributed by atoms with E-state index in [0.29, 0.717) is 49.3 Å². The van der Waals surface area contributed by atoms with Gasteiger partial charge in [-0.2, -0.15) is 0 Å². The van der Waals surface area contributed by atoms with Gasteiger partial charge in [0.15, 0.2) is 0 Å². The van der Waals surface area contributed by atoms with Crippen LogP contribution in [0.2, 0.25) is 0 Å². The van der Waals surface area contributed by atoms with Crippen LogP contribution in [0.5, 0.6) is 0 Å². The molecule has 0 N–H and O–H groups in total. The molecular weight excluding hydrogens is 396 g/mol. The lowest BCUT2D eigenvalue weighted by atomic mass is 10.1. The van der Waals surface area contributed by atoms with Crippen LogP contribution in [0.25, 0.3) is 11.5 Å². The first-order valence-electron chi connectivity index (χ1n) is 10.4. The molecule has 3 aromatic rings. The van der Waals surface area contributed by atoms with E-state index in [4.69, 9.17) is 8.94 Å². The molecule has 0 bridgehead atoms. The molecule has 31 heavy (non-hydrogen) atoms. The number of benzene rings is 1. The number of oxazole rings is 1. The van der Waals surface area contributed by atoms with E-state index in [1.165, 1.54) is 0 Å². The summed E-state index contributed by atoms with van der Waals surface area (Å²) in [7, 11) is 0. The number of aromatic nitrogens is 2. The summed E-state index contributed by atoms with van der Waals surface area (Å²) in [5, 5.41) is 3.91. The van der Waals surface area contributed by atoms with Gasteiger partial charge in [-0.25, -0.2) is 4.98 Å². The summed E-state index contributed by atoms with van der Waals surface area (Å²) in [4.78, 5) is 33.6. The van der Waals surface area contributed by atoms with Gasteiger partial charge in [0.05, 0.1) is 24.2 Å². The van der Waals surface area contributed by atoms with Crippen LogP contribution in [0.1, 0.15) is 28.5 Å². The topological polar surface area (TPSA) is 92.7 Å². The molecule has 8 nitrogen and oxygen atoms in total. The van der Waals surface area contributed by atoms with Crippen LogP contribution in [0.3, 0.4) is 0 Å². The monoisotopic (exact) mass is 422 g/mol. The molecule has 1 fully saturated rings. The highest BCUT2D eigenvalue weighted by Crippen LogP contribution is 2.22. The number of piperazine rings is 1. The SMILES string of the molecule is Cc1noc(C)c1CC(=O)N1CCN(C(=O)Cc2nc(-c3ccccc3)oc2C)CC1. The van der Waals surface area contributed by atoms with Gasteiger partial charge in [-0.3, -0.25) is 9.59 Å². The zero-order valence-electron chi connectivity index (χ0n) is 18.1. The Labute approximate surface area is 180 Å². The van der Waals surface area contributed by atoms with E-state index in [1.807, 2.05) is 51.1 Å². The number of rotatable bonds is 5. The molecule has 0 radical (unpaired) electrons. The van der Waals surface area contributed by atoms with E-state index in [2.05, 4.69) is 10.1 Å². The first kappa shape index (κ1) is 20.8. The Morgan fingerprint density at radius 3 is 2.10 bits per heavy atom. The van der Waals surface area contributed by atoms with Crippen LogP contribution in [0, 0.1) is 20.8 Å². The molecule has 8 heteroatoms. The molecule has 0 aliphatic carbocycles. The Kier molecular flexibility index (Phi) is 5.88. The summed E-state index contributed by atoms with van der Waals surface area (Å²) in [6.07, 6.45) is 0.463. The van der Waals surface area contributed by atoms with Crippen molar-refractivity contribution in [1.29, 1.82) is 0 Å². The second kappa shape index (κ2) is 8.75. The number of hydrogen-bond acceptors (Lipinski definition) is 6. The largest absolute Gasteiger partial charge is 0.441 e. The van der Waals surface area contributed by atoms with E-state index < -0.39 is 0 Å². The highest BCUT2D eigenvalue weighted by atomic mass is 16.5. The van der Waals surface area contributed by atoms with Crippen LogP contribution in [0.15, 0.2) is 39.3 Å². The number of carbonyl (C=O) groups is 2. The minimum absolute atomic E-state index is 0.00571. The zero-order valence-corrected chi connectivity index (χ0v) is 18.1. The fourth-order valence-corrected chi connectivity index (χ4v) is 3.77. The lowest BCUT2D eigenvalue weighted by Crippen LogP contribution is -2.51. The standard InChI is InChI=1S/C23H26N4O4/c1-15-19(16(2)31-25-15)13-21(28)26-9-11-27(12-10-26)22(29)14-20-17(3)30-23(24-20)18-7-5-4-6-8-18/h4-8H,9-14H2,1-3H3. The van der Waals surface area contributed by atoms with Crippen LogP contribution < -0.4 is 0 Å². The van der Waals surface area contributed by atoms with E-state index in [9.17, 15) is 9.59 Å². The van der Waals surface area contributed by atoms with Crippen LogP contribution in [-0.4, -0.2) is 57.9 Å². The highest BCUT2D eigenvalue weighted by molar-refractivity contribution is 5.81. The van der Waals surface area contributed by atoms with Crippen molar-refractivity contribution in [2.24, 2.45) is 0 Å². The zero-order chi connectivity index (χ0) is 22.0. The quantitative estimate of drug-likeness (QED) is 0.628. The number of nitrogens with zero attached hydrogens (tertiary/aromatic N) is 4. The van der Waals surface area contributed by atoms with Crippen molar-refractivity contribution in [2.75, 3.05) is 26.2 Å². The fraction of sp³-hybridized carbons (Fsp3) is 0.391. The predicted octanol–water partition coefficient (Wildman–Crippen LogP) is 2.71. The Morgan fingerprint density at radius 2 is 1.52 bits per heavy atom. The number of carbonyl (C=O) groups excluding carboxylic acids is 2. The third kappa shape index (κ3) is 4.52. The summed E-state index contributed by atoms with van der Waals surface area (Å²) in [6, 6.07) is 9.63. The van der Waals surface area contributed by atoms with Gasteiger partial charge in [-0.05, 0) is 32.9 Å². The van der Waals surface area contributed by atoms with Crippen molar-refractivity contribution in [3.05, 3.63) is 58.8 Å².